The van der Waals surface area contributed by atoms with Gasteiger partial charge in [-0.3, -0.25) is 4.90 Å². The molecule has 1 aromatic heterocycles. The van der Waals surface area contributed by atoms with Crippen molar-refractivity contribution in [1.82, 2.24) is 10.2 Å². The van der Waals surface area contributed by atoms with Crippen LogP contribution in [0.1, 0.15) is 36.8 Å². The summed E-state index contributed by atoms with van der Waals surface area (Å²) >= 11 is 1.90. The lowest BCUT2D eigenvalue weighted by molar-refractivity contribution is 0.242. The lowest BCUT2D eigenvalue weighted by Crippen LogP contribution is -2.32. The van der Waals surface area contributed by atoms with E-state index < -0.39 is 0 Å². The fraction of sp³-hybridized carbons (Fsp3) is 0.417. The van der Waals surface area contributed by atoms with Crippen LogP contribution in [0, 0.1) is 0 Å². The second kappa shape index (κ2) is 9.61. The Labute approximate surface area is 177 Å². The monoisotopic (exact) mass is 410 g/mol. The minimum Gasteiger partial charge on any atom is -0.490 e. The molecule has 0 spiro atoms. The van der Waals surface area contributed by atoms with E-state index >= 15 is 0 Å². The quantitative estimate of drug-likeness (QED) is 0.589. The maximum Gasteiger partial charge on any atom is 0.161 e. The Hall–Kier alpha value is -2.08. The molecular formula is C24H30N2O2S. The van der Waals surface area contributed by atoms with Crippen molar-refractivity contribution >= 4 is 21.4 Å². The number of fused-ring (bicyclic) bond motifs is 1. The van der Waals surface area contributed by atoms with Gasteiger partial charge >= 0.3 is 0 Å². The Morgan fingerprint density at radius 2 is 1.79 bits per heavy atom. The van der Waals surface area contributed by atoms with E-state index in [1.165, 1.54) is 20.5 Å². The van der Waals surface area contributed by atoms with E-state index in [0.717, 1.165) is 44.1 Å². The van der Waals surface area contributed by atoms with Gasteiger partial charge in [0.25, 0.3) is 0 Å². The molecule has 0 bridgehead atoms. The molecule has 1 aliphatic rings. The highest BCUT2D eigenvalue weighted by molar-refractivity contribution is 7.19. The zero-order chi connectivity index (χ0) is 20.1. The van der Waals surface area contributed by atoms with E-state index in [4.69, 9.17) is 9.47 Å². The molecule has 154 valence electrons. The average Bonchev–Trinajstić information content (AvgIpc) is 2.97. The summed E-state index contributed by atoms with van der Waals surface area (Å²) in [7, 11) is 0. The van der Waals surface area contributed by atoms with Crippen LogP contribution >= 0.6 is 11.3 Å². The van der Waals surface area contributed by atoms with Crippen molar-refractivity contribution in [1.29, 1.82) is 0 Å². The summed E-state index contributed by atoms with van der Waals surface area (Å²) in [5, 5.41) is 4.86. The van der Waals surface area contributed by atoms with Gasteiger partial charge in [0.1, 0.15) is 0 Å². The first-order valence-corrected chi connectivity index (χ1v) is 11.4. The first-order chi connectivity index (χ1) is 14.3. The molecule has 0 aliphatic carbocycles. The van der Waals surface area contributed by atoms with Crippen molar-refractivity contribution in [3.05, 3.63) is 59.0 Å². The highest BCUT2D eigenvalue weighted by atomic mass is 32.1. The van der Waals surface area contributed by atoms with Gasteiger partial charge < -0.3 is 14.8 Å². The molecule has 1 aliphatic heterocycles. The van der Waals surface area contributed by atoms with E-state index in [1.807, 2.05) is 25.2 Å². The zero-order valence-corrected chi connectivity index (χ0v) is 18.1. The van der Waals surface area contributed by atoms with Crippen LogP contribution in [0.25, 0.3) is 10.1 Å². The Bertz CT molecular complexity index is 899. The maximum absolute atomic E-state index is 5.93. The van der Waals surface area contributed by atoms with Gasteiger partial charge in [0, 0.05) is 29.2 Å². The van der Waals surface area contributed by atoms with Crippen LogP contribution in [0.3, 0.4) is 0 Å². The molecule has 1 unspecified atom stereocenters. The van der Waals surface area contributed by atoms with Crippen molar-refractivity contribution < 1.29 is 9.47 Å². The third kappa shape index (κ3) is 4.58. The van der Waals surface area contributed by atoms with Crippen LogP contribution in [-0.2, 0) is 0 Å². The summed E-state index contributed by atoms with van der Waals surface area (Å²) in [6.45, 7) is 9.53. The highest BCUT2D eigenvalue weighted by Crippen LogP contribution is 2.40. The van der Waals surface area contributed by atoms with Gasteiger partial charge in [0.2, 0.25) is 0 Å². The van der Waals surface area contributed by atoms with E-state index in [1.54, 1.807) is 0 Å². The van der Waals surface area contributed by atoms with Crippen LogP contribution in [-0.4, -0.2) is 44.3 Å². The lowest BCUT2D eigenvalue weighted by atomic mass is 10.0. The first kappa shape index (κ1) is 20.2. The maximum atomic E-state index is 5.93. The van der Waals surface area contributed by atoms with Crippen LogP contribution in [0.5, 0.6) is 11.5 Å². The second-order valence-corrected chi connectivity index (χ2v) is 8.42. The Balaban J connectivity index is 1.78. The van der Waals surface area contributed by atoms with E-state index in [9.17, 15) is 0 Å². The van der Waals surface area contributed by atoms with Crippen molar-refractivity contribution in [3.63, 3.8) is 0 Å². The summed E-state index contributed by atoms with van der Waals surface area (Å²) < 4.78 is 13.1. The topological polar surface area (TPSA) is 33.7 Å². The molecule has 1 saturated heterocycles. The van der Waals surface area contributed by atoms with Crippen LogP contribution in [0.15, 0.2) is 48.5 Å². The highest BCUT2D eigenvalue weighted by Gasteiger charge is 2.26. The number of hydrogen-bond donors (Lipinski definition) is 1. The molecule has 4 nitrogen and oxygen atoms in total. The molecule has 1 N–H and O–H groups in total. The van der Waals surface area contributed by atoms with Gasteiger partial charge in [0.15, 0.2) is 11.5 Å². The molecule has 1 atom stereocenters. The van der Waals surface area contributed by atoms with Crippen molar-refractivity contribution in [2.45, 2.75) is 26.3 Å². The third-order valence-corrected chi connectivity index (χ3v) is 6.51. The number of rotatable bonds is 7. The van der Waals surface area contributed by atoms with Crippen LogP contribution in [0.2, 0.25) is 0 Å². The summed E-state index contributed by atoms with van der Waals surface area (Å²) in [4.78, 5) is 4.00. The van der Waals surface area contributed by atoms with Gasteiger partial charge in [-0.25, -0.2) is 0 Å². The van der Waals surface area contributed by atoms with Gasteiger partial charge in [-0.05, 0) is 62.0 Å². The molecule has 1 fully saturated rings. The Morgan fingerprint density at radius 1 is 0.966 bits per heavy atom. The van der Waals surface area contributed by atoms with E-state index in [2.05, 4.69) is 58.7 Å². The summed E-state index contributed by atoms with van der Waals surface area (Å²) in [5.74, 6) is 1.66. The molecule has 2 heterocycles. The lowest BCUT2D eigenvalue weighted by Gasteiger charge is -2.30. The number of nitrogens with zero attached hydrogens (tertiary/aromatic N) is 1. The molecule has 2 aromatic carbocycles. The minimum absolute atomic E-state index is 0.224. The largest absolute Gasteiger partial charge is 0.490 e. The van der Waals surface area contributed by atoms with Crippen molar-refractivity contribution in [2.75, 3.05) is 39.4 Å². The van der Waals surface area contributed by atoms with Crippen LogP contribution < -0.4 is 14.8 Å². The van der Waals surface area contributed by atoms with Gasteiger partial charge in [-0.2, -0.15) is 0 Å². The fourth-order valence-corrected chi connectivity index (χ4v) is 5.28. The average molecular weight is 411 g/mol. The fourth-order valence-electron chi connectivity index (χ4n) is 4.05. The van der Waals surface area contributed by atoms with Crippen LogP contribution in [0.4, 0.5) is 0 Å². The van der Waals surface area contributed by atoms with E-state index in [-0.39, 0.29) is 6.04 Å². The third-order valence-electron chi connectivity index (χ3n) is 5.34. The SMILES string of the molecule is CCOc1ccc(C(c2cc3ccccc3s2)N2CCCNCC2)cc1OCC. The number of hydrogen-bond acceptors (Lipinski definition) is 5. The first-order valence-electron chi connectivity index (χ1n) is 10.6. The number of ether oxygens (including phenoxy) is 2. The summed E-state index contributed by atoms with van der Waals surface area (Å²) in [5.41, 5.74) is 1.27. The minimum atomic E-state index is 0.224. The molecule has 0 radical (unpaired) electrons. The zero-order valence-electron chi connectivity index (χ0n) is 17.3. The van der Waals surface area contributed by atoms with Crippen molar-refractivity contribution in [2.24, 2.45) is 0 Å². The number of nitrogens with one attached hydrogen (secondary N) is 1. The normalized spacial score (nSPS) is 16.5. The molecular weight excluding hydrogens is 380 g/mol. The Morgan fingerprint density at radius 3 is 2.62 bits per heavy atom. The Kier molecular flexibility index (Phi) is 6.70. The van der Waals surface area contributed by atoms with Gasteiger partial charge in [-0.1, -0.05) is 24.3 Å². The molecule has 5 heteroatoms. The smallest absolute Gasteiger partial charge is 0.161 e. The summed E-state index contributed by atoms with van der Waals surface area (Å²) in [6, 6.07) is 17.7. The van der Waals surface area contributed by atoms with Crippen molar-refractivity contribution in [3.8, 4) is 11.5 Å². The molecule has 0 saturated carbocycles. The predicted molar refractivity (Wildman–Crippen MR) is 122 cm³/mol. The summed E-state index contributed by atoms with van der Waals surface area (Å²) in [6.07, 6.45) is 1.16. The number of benzene rings is 2. The predicted octanol–water partition coefficient (Wildman–Crippen LogP) is 5.08. The molecule has 0 amide bonds. The molecule has 3 aromatic rings. The second-order valence-electron chi connectivity index (χ2n) is 7.30. The number of thiophene rings is 1. The van der Waals surface area contributed by atoms with E-state index in [0.29, 0.717) is 13.2 Å². The molecule has 29 heavy (non-hydrogen) atoms. The van der Waals surface area contributed by atoms with Gasteiger partial charge in [0.05, 0.1) is 19.3 Å². The van der Waals surface area contributed by atoms with Gasteiger partial charge in [-0.15, -0.1) is 11.3 Å². The standard InChI is InChI=1S/C24H30N2O2S/c1-3-27-20-11-10-19(16-21(20)28-4-2)24(26-14-7-12-25-13-15-26)23-17-18-8-5-6-9-22(18)29-23/h5-6,8-11,16-17,24-25H,3-4,7,12-15H2,1-2H3. The molecule has 4 rings (SSSR count).